The molecule has 9 heteroatoms. The molecular weight excluding hydrogens is 448 g/mol. The van der Waals surface area contributed by atoms with Crippen molar-refractivity contribution in [3.8, 4) is 5.75 Å². The van der Waals surface area contributed by atoms with Gasteiger partial charge in [0.15, 0.2) is 0 Å². The van der Waals surface area contributed by atoms with E-state index in [0.29, 0.717) is 43.3 Å². The second-order valence-electron chi connectivity index (χ2n) is 6.73. The average Bonchev–Trinajstić information content (AvgIpc) is 2.80. The highest BCUT2D eigenvalue weighted by Crippen LogP contribution is 2.25. The molecule has 1 aliphatic heterocycles. The van der Waals surface area contributed by atoms with Crippen molar-refractivity contribution in [2.45, 2.75) is 0 Å². The summed E-state index contributed by atoms with van der Waals surface area (Å²) in [5.41, 5.74) is 0.603. The number of piperazine rings is 1. The molecule has 0 saturated carbocycles. The first-order chi connectivity index (χ1) is 14.6. The summed E-state index contributed by atoms with van der Waals surface area (Å²) >= 11 is 3.47. The zero-order chi connectivity index (χ0) is 20.9. The quantitative estimate of drug-likeness (QED) is 0.614. The third-order valence-corrected chi connectivity index (χ3v) is 5.56. The number of rotatable bonds is 5. The minimum absolute atomic E-state index is 0.0133. The fourth-order valence-corrected chi connectivity index (χ4v) is 3.68. The minimum Gasteiger partial charge on any atom is -0.497 e. The number of hydrogen-bond acceptors (Lipinski definition) is 7. The van der Waals surface area contributed by atoms with Crippen molar-refractivity contribution in [3.05, 3.63) is 65.0 Å². The van der Waals surface area contributed by atoms with E-state index in [9.17, 15) is 4.79 Å². The fourth-order valence-electron chi connectivity index (χ4n) is 3.26. The first-order valence-electron chi connectivity index (χ1n) is 9.52. The topological polar surface area (TPSA) is 83.5 Å². The Kier molecular flexibility index (Phi) is 6.08. The molecule has 0 bridgehead atoms. The number of nitrogens with one attached hydrogen (secondary N) is 1. The van der Waals surface area contributed by atoms with Gasteiger partial charge >= 0.3 is 0 Å². The molecule has 8 nitrogen and oxygen atoms in total. The van der Waals surface area contributed by atoms with E-state index in [0.717, 1.165) is 16.1 Å². The van der Waals surface area contributed by atoms with Crippen LogP contribution in [0.5, 0.6) is 5.75 Å². The summed E-state index contributed by atoms with van der Waals surface area (Å²) in [6.45, 7) is 2.59. The van der Waals surface area contributed by atoms with E-state index in [4.69, 9.17) is 4.74 Å². The predicted octanol–water partition coefficient (Wildman–Crippen LogP) is 3.35. The number of hydrogen-bond donors (Lipinski definition) is 1. The molecule has 0 radical (unpaired) electrons. The third kappa shape index (κ3) is 4.51. The summed E-state index contributed by atoms with van der Waals surface area (Å²) < 4.78 is 6.01. The lowest BCUT2D eigenvalue weighted by atomic mass is 10.1. The van der Waals surface area contributed by atoms with Gasteiger partial charge in [0.05, 0.1) is 12.7 Å². The molecule has 3 aromatic rings. The van der Waals surface area contributed by atoms with Gasteiger partial charge < -0.3 is 19.9 Å². The summed E-state index contributed by atoms with van der Waals surface area (Å²) in [6, 6.07) is 13.0. The van der Waals surface area contributed by atoms with Gasteiger partial charge in [0.25, 0.3) is 5.91 Å². The Balaban J connectivity index is 1.41. The number of carbonyl (C=O) groups excluding carboxylic acids is 1. The van der Waals surface area contributed by atoms with Gasteiger partial charge in [-0.25, -0.2) is 15.0 Å². The number of anilines is 3. The van der Waals surface area contributed by atoms with Gasteiger partial charge in [-0.15, -0.1) is 0 Å². The molecule has 0 spiro atoms. The smallest absolute Gasteiger partial charge is 0.255 e. The first-order valence-corrected chi connectivity index (χ1v) is 10.3. The maximum absolute atomic E-state index is 13.0. The monoisotopic (exact) mass is 468 g/mol. The second kappa shape index (κ2) is 9.08. The van der Waals surface area contributed by atoms with Crippen LogP contribution in [-0.4, -0.2) is 59.0 Å². The number of nitrogens with zero attached hydrogens (tertiary/aromatic N) is 5. The summed E-state index contributed by atoms with van der Waals surface area (Å²) in [5, 5.41) is 3.18. The summed E-state index contributed by atoms with van der Waals surface area (Å²) in [7, 11) is 1.59. The number of methoxy groups -OCH3 is 1. The van der Waals surface area contributed by atoms with Crippen molar-refractivity contribution in [2.24, 2.45) is 0 Å². The van der Waals surface area contributed by atoms with Gasteiger partial charge in [-0.1, -0.05) is 6.07 Å². The number of benzene rings is 1. The molecule has 2 aromatic heterocycles. The Morgan fingerprint density at radius 3 is 2.60 bits per heavy atom. The molecule has 4 rings (SSSR count). The van der Waals surface area contributed by atoms with Crippen LogP contribution in [0, 0.1) is 0 Å². The zero-order valence-electron chi connectivity index (χ0n) is 16.5. The molecule has 1 aromatic carbocycles. The normalized spacial score (nSPS) is 13.8. The van der Waals surface area contributed by atoms with E-state index in [2.05, 4.69) is 41.1 Å². The second-order valence-corrected chi connectivity index (χ2v) is 7.58. The van der Waals surface area contributed by atoms with Crippen LogP contribution in [0.15, 0.2) is 59.5 Å². The van der Waals surface area contributed by atoms with E-state index in [1.54, 1.807) is 19.4 Å². The van der Waals surface area contributed by atoms with Crippen LogP contribution >= 0.6 is 15.9 Å². The Hall–Kier alpha value is -3.20. The lowest BCUT2D eigenvalue weighted by molar-refractivity contribution is 0.0745. The molecule has 1 N–H and O–H groups in total. The minimum atomic E-state index is -0.0133. The van der Waals surface area contributed by atoms with E-state index >= 15 is 0 Å². The van der Waals surface area contributed by atoms with Crippen molar-refractivity contribution in [2.75, 3.05) is 43.5 Å². The average molecular weight is 469 g/mol. The maximum atomic E-state index is 13.0. The molecule has 1 fully saturated rings. The lowest BCUT2D eigenvalue weighted by Crippen LogP contribution is -2.49. The predicted molar refractivity (Wildman–Crippen MR) is 118 cm³/mol. The molecule has 1 amide bonds. The van der Waals surface area contributed by atoms with Crippen molar-refractivity contribution in [1.82, 2.24) is 19.9 Å². The van der Waals surface area contributed by atoms with E-state index in [-0.39, 0.29) is 5.91 Å². The van der Waals surface area contributed by atoms with Crippen molar-refractivity contribution >= 4 is 39.3 Å². The molecule has 1 aliphatic rings. The Labute approximate surface area is 183 Å². The standard InChI is InChI=1S/C21H21BrN6O2/c1-30-15-5-6-17(22)16(12-15)21(29)28-10-8-27(9-11-28)20-13-19(24-14-25-20)26-18-4-2-3-7-23-18/h2-7,12-14H,8-11H2,1H3,(H,23,24,25,26). The number of pyridine rings is 1. The summed E-state index contributed by atoms with van der Waals surface area (Å²) in [4.78, 5) is 29.9. The summed E-state index contributed by atoms with van der Waals surface area (Å²) in [5.74, 6) is 2.87. The van der Waals surface area contributed by atoms with Crippen LogP contribution < -0.4 is 15.0 Å². The number of carbonyl (C=O) groups is 1. The van der Waals surface area contributed by atoms with Gasteiger partial charge in [-0.2, -0.15) is 0 Å². The molecule has 3 heterocycles. The number of amides is 1. The highest BCUT2D eigenvalue weighted by atomic mass is 79.9. The lowest BCUT2D eigenvalue weighted by Gasteiger charge is -2.35. The Morgan fingerprint density at radius 1 is 1.03 bits per heavy atom. The molecular formula is C21H21BrN6O2. The Bertz CT molecular complexity index is 1030. The SMILES string of the molecule is COc1ccc(Br)c(C(=O)N2CCN(c3cc(Nc4ccccn4)ncn3)CC2)c1. The highest BCUT2D eigenvalue weighted by Gasteiger charge is 2.24. The third-order valence-electron chi connectivity index (χ3n) is 4.87. The van der Waals surface area contributed by atoms with Crippen LogP contribution in [-0.2, 0) is 0 Å². The van der Waals surface area contributed by atoms with Gasteiger partial charge in [0.2, 0.25) is 0 Å². The fraction of sp³-hybridized carbons (Fsp3) is 0.238. The van der Waals surface area contributed by atoms with Gasteiger partial charge in [0.1, 0.15) is 29.5 Å². The van der Waals surface area contributed by atoms with Gasteiger partial charge in [0, 0.05) is 42.9 Å². The van der Waals surface area contributed by atoms with Crippen LogP contribution in [0.25, 0.3) is 0 Å². The highest BCUT2D eigenvalue weighted by molar-refractivity contribution is 9.10. The van der Waals surface area contributed by atoms with Crippen molar-refractivity contribution in [3.63, 3.8) is 0 Å². The van der Waals surface area contributed by atoms with E-state index < -0.39 is 0 Å². The summed E-state index contributed by atoms with van der Waals surface area (Å²) in [6.07, 6.45) is 3.26. The van der Waals surface area contributed by atoms with Crippen LogP contribution in [0.1, 0.15) is 10.4 Å². The van der Waals surface area contributed by atoms with E-state index in [1.165, 1.54) is 6.33 Å². The number of ether oxygens (including phenoxy) is 1. The van der Waals surface area contributed by atoms with Crippen LogP contribution in [0.2, 0.25) is 0 Å². The maximum Gasteiger partial charge on any atom is 0.255 e. The number of halogens is 1. The first kappa shape index (κ1) is 20.1. The molecule has 154 valence electrons. The molecule has 0 aliphatic carbocycles. The van der Waals surface area contributed by atoms with Gasteiger partial charge in [-0.05, 0) is 46.3 Å². The van der Waals surface area contributed by atoms with Crippen LogP contribution in [0.4, 0.5) is 17.5 Å². The molecule has 0 unspecified atom stereocenters. The zero-order valence-corrected chi connectivity index (χ0v) is 18.0. The van der Waals surface area contributed by atoms with Crippen molar-refractivity contribution < 1.29 is 9.53 Å². The molecule has 0 atom stereocenters. The largest absolute Gasteiger partial charge is 0.497 e. The molecule has 30 heavy (non-hydrogen) atoms. The van der Waals surface area contributed by atoms with Crippen LogP contribution in [0.3, 0.4) is 0 Å². The molecule has 1 saturated heterocycles. The van der Waals surface area contributed by atoms with Gasteiger partial charge in [-0.3, -0.25) is 4.79 Å². The van der Waals surface area contributed by atoms with Crippen molar-refractivity contribution in [1.29, 1.82) is 0 Å². The number of aromatic nitrogens is 3. The van der Waals surface area contributed by atoms with E-state index in [1.807, 2.05) is 41.3 Å². The Morgan fingerprint density at radius 2 is 1.87 bits per heavy atom.